The molecule has 0 spiro atoms. The first kappa shape index (κ1) is 13.9. The Kier molecular flexibility index (Phi) is 3.96. The first-order valence-electron chi connectivity index (χ1n) is 6.55. The number of carbonyl (C=O) groups excluding carboxylic acids is 2. The second-order valence-corrected chi connectivity index (χ2v) is 6.83. The highest BCUT2D eigenvalue weighted by Crippen LogP contribution is 2.23. The Balaban J connectivity index is 1.60. The van der Waals surface area contributed by atoms with Crippen LogP contribution < -0.4 is 5.32 Å². The summed E-state index contributed by atoms with van der Waals surface area (Å²) in [5, 5.41) is 2.89. The molecule has 7 heteroatoms. The third-order valence-corrected chi connectivity index (χ3v) is 4.86. The first-order valence-corrected chi connectivity index (χ1v) is 7.74. The molecule has 2 atom stereocenters. The van der Waals surface area contributed by atoms with Gasteiger partial charge >= 0.3 is 0 Å². The fraction of sp³-hybridized carbons (Fsp3) is 0.538. The van der Waals surface area contributed by atoms with Gasteiger partial charge in [0, 0.05) is 18.0 Å². The molecule has 0 aromatic carbocycles. The van der Waals surface area contributed by atoms with Gasteiger partial charge in [0.25, 0.3) is 0 Å². The summed E-state index contributed by atoms with van der Waals surface area (Å²) in [6.45, 7) is 1.33. The predicted molar refractivity (Wildman–Crippen MR) is 75.9 cm³/mol. The molecule has 1 N–H and O–H groups in total. The number of hydrogen-bond acceptors (Lipinski definition) is 4. The van der Waals surface area contributed by atoms with Crippen LogP contribution in [-0.2, 0) is 20.7 Å². The van der Waals surface area contributed by atoms with Crippen LogP contribution in [0.3, 0.4) is 0 Å². The van der Waals surface area contributed by atoms with E-state index < -0.39 is 0 Å². The molecule has 2 aliphatic heterocycles. The van der Waals surface area contributed by atoms with Crippen LogP contribution in [0, 0.1) is 0 Å². The number of nitrogens with one attached hydrogen (secondary N) is 1. The van der Waals surface area contributed by atoms with Gasteiger partial charge in [-0.25, -0.2) is 0 Å². The topological polar surface area (TPSA) is 58.6 Å². The number of morpholine rings is 1. The van der Waals surface area contributed by atoms with Crippen molar-refractivity contribution in [2.75, 3.05) is 19.7 Å². The number of likely N-dealkylation sites (tertiary alicyclic amines) is 1. The third-order valence-electron chi connectivity index (χ3n) is 3.63. The van der Waals surface area contributed by atoms with Crippen molar-refractivity contribution in [1.29, 1.82) is 0 Å². The smallest absolute Gasteiger partial charge is 0.246 e. The van der Waals surface area contributed by atoms with E-state index in [9.17, 15) is 9.59 Å². The van der Waals surface area contributed by atoms with E-state index in [4.69, 9.17) is 16.3 Å². The number of carbonyl (C=O) groups is 2. The Labute approximate surface area is 125 Å². The van der Waals surface area contributed by atoms with E-state index >= 15 is 0 Å². The molecule has 1 aromatic heterocycles. The summed E-state index contributed by atoms with van der Waals surface area (Å²) in [7, 11) is 0. The van der Waals surface area contributed by atoms with Gasteiger partial charge in [-0.2, -0.15) is 0 Å². The summed E-state index contributed by atoms with van der Waals surface area (Å²) >= 11 is 7.29. The van der Waals surface area contributed by atoms with Crippen molar-refractivity contribution in [2.45, 2.75) is 25.0 Å². The summed E-state index contributed by atoms with van der Waals surface area (Å²) in [4.78, 5) is 26.4. The number of amides is 2. The van der Waals surface area contributed by atoms with E-state index in [2.05, 4.69) is 5.32 Å². The zero-order valence-electron chi connectivity index (χ0n) is 10.8. The molecule has 0 unspecified atom stereocenters. The fourth-order valence-electron chi connectivity index (χ4n) is 2.63. The Morgan fingerprint density at radius 2 is 2.40 bits per heavy atom. The SMILES string of the molecule is O=C1CO[C@H]2CCN(C(=O)Cc3ccc(Cl)s3)C[C@H]2N1. The Bertz CT molecular complexity index is 533. The van der Waals surface area contributed by atoms with Crippen LogP contribution in [0.4, 0.5) is 0 Å². The second-order valence-electron chi connectivity index (χ2n) is 5.03. The number of halogens is 1. The lowest BCUT2D eigenvalue weighted by Crippen LogP contribution is -2.61. The van der Waals surface area contributed by atoms with Crippen molar-refractivity contribution in [3.8, 4) is 0 Å². The van der Waals surface area contributed by atoms with Gasteiger partial charge in [0.2, 0.25) is 11.8 Å². The largest absolute Gasteiger partial charge is 0.366 e. The van der Waals surface area contributed by atoms with Crippen molar-refractivity contribution in [3.63, 3.8) is 0 Å². The molecule has 2 amide bonds. The molecule has 3 rings (SSSR count). The molecule has 2 aliphatic rings. The van der Waals surface area contributed by atoms with E-state index in [1.807, 2.05) is 6.07 Å². The monoisotopic (exact) mass is 314 g/mol. The molecule has 2 saturated heterocycles. The van der Waals surface area contributed by atoms with Crippen molar-refractivity contribution in [3.05, 3.63) is 21.3 Å². The zero-order valence-corrected chi connectivity index (χ0v) is 12.4. The highest BCUT2D eigenvalue weighted by Gasteiger charge is 2.36. The molecule has 0 bridgehead atoms. The Hall–Kier alpha value is -1.11. The van der Waals surface area contributed by atoms with E-state index in [-0.39, 0.29) is 30.6 Å². The number of rotatable bonds is 2. The van der Waals surface area contributed by atoms with E-state index in [1.165, 1.54) is 11.3 Å². The maximum Gasteiger partial charge on any atom is 0.246 e. The van der Waals surface area contributed by atoms with Crippen LogP contribution in [0.15, 0.2) is 12.1 Å². The maximum atomic E-state index is 12.3. The molecule has 0 aliphatic carbocycles. The molecular weight excluding hydrogens is 300 g/mol. The average molecular weight is 315 g/mol. The van der Waals surface area contributed by atoms with Crippen LogP contribution in [0.1, 0.15) is 11.3 Å². The summed E-state index contributed by atoms with van der Waals surface area (Å²) in [5.41, 5.74) is 0. The van der Waals surface area contributed by atoms with Crippen molar-refractivity contribution < 1.29 is 14.3 Å². The highest BCUT2D eigenvalue weighted by atomic mass is 35.5. The summed E-state index contributed by atoms with van der Waals surface area (Å²) in [6.07, 6.45) is 1.17. The zero-order chi connectivity index (χ0) is 14.1. The lowest BCUT2D eigenvalue weighted by atomic mass is 10.00. The lowest BCUT2D eigenvalue weighted by Gasteiger charge is -2.41. The van der Waals surface area contributed by atoms with E-state index in [1.54, 1.807) is 11.0 Å². The quantitative estimate of drug-likeness (QED) is 0.888. The van der Waals surface area contributed by atoms with Gasteiger partial charge in [-0.3, -0.25) is 9.59 Å². The molecule has 5 nitrogen and oxygen atoms in total. The number of ether oxygens (including phenoxy) is 1. The number of fused-ring (bicyclic) bond motifs is 1. The van der Waals surface area contributed by atoms with Crippen LogP contribution in [0.5, 0.6) is 0 Å². The predicted octanol–water partition coefficient (Wildman–Crippen LogP) is 1.06. The molecule has 20 heavy (non-hydrogen) atoms. The van der Waals surface area contributed by atoms with Gasteiger partial charge in [0.15, 0.2) is 0 Å². The van der Waals surface area contributed by atoms with Gasteiger partial charge in [0.05, 0.1) is 22.9 Å². The molecule has 108 valence electrons. The highest BCUT2D eigenvalue weighted by molar-refractivity contribution is 7.16. The first-order chi connectivity index (χ1) is 9.61. The minimum Gasteiger partial charge on any atom is -0.366 e. The van der Waals surface area contributed by atoms with Crippen LogP contribution in [0.2, 0.25) is 4.34 Å². The van der Waals surface area contributed by atoms with Gasteiger partial charge in [-0.15, -0.1) is 11.3 Å². The minimum atomic E-state index is -0.106. The van der Waals surface area contributed by atoms with Gasteiger partial charge in [-0.05, 0) is 18.6 Å². The fourth-order valence-corrected chi connectivity index (χ4v) is 3.71. The summed E-state index contributed by atoms with van der Waals surface area (Å²) in [6, 6.07) is 3.60. The molecule has 1 aromatic rings. The van der Waals surface area contributed by atoms with Gasteiger partial charge < -0.3 is 15.0 Å². The maximum absolute atomic E-state index is 12.3. The molecule has 3 heterocycles. The molecule has 0 radical (unpaired) electrons. The standard InChI is InChI=1S/C13H15ClN2O3S/c14-11-2-1-8(20-11)5-13(18)16-4-3-10-9(6-16)15-12(17)7-19-10/h1-2,9-10H,3-7H2,(H,15,17)/t9-,10+/m1/s1. The van der Waals surface area contributed by atoms with Crippen molar-refractivity contribution in [2.24, 2.45) is 0 Å². The number of nitrogens with zero attached hydrogens (tertiary/aromatic N) is 1. The van der Waals surface area contributed by atoms with E-state index in [0.29, 0.717) is 23.8 Å². The normalized spacial score (nSPS) is 26.1. The summed E-state index contributed by atoms with van der Waals surface area (Å²) in [5.74, 6) is -0.0348. The van der Waals surface area contributed by atoms with Crippen molar-refractivity contribution in [1.82, 2.24) is 10.2 Å². The molecule has 0 saturated carbocycles. The number of piperidine rings is 1. The van der Waals surface area contributed by atoms with Gasteiger partial charge in [-0.1, -0.05) is 11.6 Å². The molecule has 2 fully saturated rings. The summed E-state index contributed by atoms with van der Waals surface area (Å²) < 4.78 is 6.17. The van der Waals surface area contributed by atoms with Gasteiger partial charge in [0.1, 0.15) is 6.61 Å². The average Bonchev–Trinajstić information content (AvgIpc) is 2.83. The number of thiophene rings is 1. The third kappa shape index (κ3) is 2.97. The van der Waals surface area contributed by atoms with Crippen molar-refractivity contribution >= 4 is 34.8 Å². The minimum absolute atomic E-state index is 0.0351. The lowest BCUT2D eigenvalue weighted by molar-refractivity contribution is -0.146. The molecular formula is C13H15ClN2O3S. The Morgan fingerprint density at radius 1 is 1.55 bits per heavy atom. The van der Waals surface area contributed by atoms with Crippen LogP contribution >= 0.6 is 22.9 Å². The van der Waals surface area contributed by atoms with Crippen LogP contribution in [-0.4, -0.2) is 48.6 Å². The van der Waals surface area contributed by atoms with E-state index in [0.717, 1.165) is 11.3 Å². The Morgan fingerprint density at radius 3 is 3.15 bits per heavy atom. The van der Waals surface area contributed by atoms with Crippen LogP contribution in [0.25, 0.3) is 0 Å². The second kappa shape index (κ2) is 5.71. The number of hydrogen-bond donors (Lipinski definition) is 1.